The Kier molecular flexibility index (Phi) is 7.26. The maximum Gasteiger partial charge on any atom is 0.341 e. The lowest BCUT2D eigenvalue weighted by molar-refractivity contribution is -0.150. The maximum absolute atomic E-state index is 12.6. The average molecular weight is 410 g/mol. The molecule has 0 aromatic carbocycles. The number of ether oxygens (including phenoxy) is 2. The molecule has 0 spiro atoms. The van der Waals surface area contributed by atoms with Crippen LogP contribution < -0.4 is 5.32 Å². The Labute approximate surface area is 171 Å². The Morgan fingerprint density at radius 1 is 1.29 bits per heavy atom. The Hall–Kier alpha value is -1.89. The fourth-order valence-electron chi connectivity index (χ4n) is 3.56. The number of thiophene rings is 1. The second kappa shape index (κ2) is 9.07. The molecule has 28 heavy (non-hydrogen) atoms. The van der Waals surface area contributed by atoms with Crippen molar-refractivity contribution in [3.63, 3.8) is 0 Å². The van der Waals surface area contributed by atoms with Gasteiger partial charge in [0.05, 0.1) is 12.2 Å². The van der Waals surface area contributed by atoms with Gasteiger partial charge in [0.1, 0.15) is 5.00 Å². The molecule has 0 radical (unpaired) electrons. The van der Waals surface area contributed by atoms with Crippen molar-refractivity contribution in [1.29, 1.82) is 0 Å². The molecule has 0 fully saturated rings. The molecular formula is C21H31NO5S. The van der Waals surface area contributed by atoms with Crippen LogP contribution >= 0.6 is 11.3 Å². The van der Waals surface area contributed by atoms with Crippen LogP contribution in [0.5, 0.6) is 0 Å². The van der Waals surface area contributed by atoms with Gasteiger partial charge in [0.2, 0.25) is 0 Å². The number of esters is 2. The zero-order chi connectivity index (χ0) is 21.1. The van der Waals surface area contributed by atoms with Crippen molar-refractivity contribution in [2.75, 3.05) is 11.9 Å². The minimum absolute atomic E-state index is 0.221. The van der Waals surface area contributed by atoms with E-state index in [0.29, 0.717) is 16.5 Å². The van der Waals surface area contributed by atoms with Crippen LogP contribution in [0.2, 0.25) is 0 Å². The lowest BCUT2D eigenvalue weighted by atomic mass is 9.69. The lowest BCUT2D eigenvalue weighted by Gasteiger charge is -2.36. The van der Waals surface area contributed by atoms with Crippen LogP contribution in [0.4, 0.5) is 5.00 Å². The summed E-state index contributed by atoms with van der Waals surface area (Å²) < 4.78 is 10.2. The van der Waals surface area contributed by atoms with Crippen molar-refractivity contribution >= 4 is 34.2 Å². The van der Waals surface area contributed by atoms with Gasteiger partial charge in [-0.15, -0.1) is 11.3 Å². The molecule has 1 N–H and O–H groups in total. The van der Waals surface area contributed by atoms with Gasteiger partial charge in [-0.2, -0.15) is 0 Å². The largest absolute Gasteiger partial charge is 0.462 e. The molecule has 2 unspecified atom stereocenters. The van der Waals surface area contributed by atoms with Gasteiger partial charge in [0, 0.05) is 11.8 Å². The first-order chi connectivity index (χ1) is 13.1. The molecule has 1 aromatic rings. The summed E-state index contributed by atoms with van der Waals surface area (Å²) in [5.41, 5.74) is 1.67. The van der Waals surface area contributed by atoms with E-state index in [1.807, 2.05) is 0 Å². The molecule has 0 bridgehead atoms. The van der Waals surface area contributed by atoms with Crippen molar-refractivity contribution in [2.45, 2.75) is 73.3 Å². The van der Waals surface area contributed by atoms with Gasteiger partial charge in [-0.1, -0.05) is 27.2 Å². The van der Waals surface area contributed by atoms with Gasteiger partial charge in [-0.3, -0.25) is 9.59 Å². The number of amides is 1. The highest BCUT2D eigenvalue weighted by Gasteiger charge is 2.36. The van der Waals surface area contributed by atoms with E-state index in [-0.39, 0.29) is 12.0 Å². The minimum Gasteiger partial charge on any atom is -0.462 e. The molecule has 1 aliphatic rings. The van der Waals surface area contributed by atoms with E-state index in [4.69, 9.17) is 9.47 Å². The van der Waals surface area contributed by atoms with Gasteiger partial charge in [-0.05, 0) is 50.0 Å². The van der Waals surface area contributed by atoms with E-state index in [0.717, 1.165) is 36.1 Å². The van der Waals surface area contributed by atoms with E-state index < -0.39 is 23.9 Å². The van der Waals surface area contributed by atoms with E-state index in [9.17, 15) is 14.4 Å². The average Bonchev–Trinajstić information content (AvgIpc) is 2.98. The van der Waals surface area contributed by atoms with Crippen molar-refractivity contribution in [3.8, 4) is 0 Å². The van der Waals surface area contributed by atoms with Gasteiger partial charge in [-0.25, -0.2) is 4.79 Å². The van der Waals surface area contributed by atoms with E-state index in [2.05, 4.69) is 26.1 Å². The van der Waals surface area contributed by atoms with Crippen LogP contribution in [0.15, 0.2) is 0 Å². The summed E-state index contributed by atoms with van der Waals surface area (Å²) in [6.45, 7) is 11.6. The van der Waals surface area contributed by atoms with Crippen LogP contribution in [-0.2, 0) is 31.9 Å². The molecule has 1 amide bonds. The van der Waals surface area contributed by atoms with Crippen LogP contribution in [-0.4, -0.2) is 30.6 Å². The number of hydrogen-bond donors (Lipinski definition) is 1. The first-order valence-electron chi connectivity index (χ1n) is 9.90. The van der Waals surface area contributed by atoms with Crippen molar-refractivity contribution < 1.29 is 23.9 Å². The van der Waals surface area contributed by atoms with Gasteiger partial charge in [0.25, 0.3) is 5.91 Å². The van der Waals surface area contributed by atoms with E-state index in [1.54, 1.807) is 6.92 Å². The molecule has 156 valence electrons. The first kappa shape index (κ1) is 22.4. The SMILES string of the molecule is CCOC(=O)c1c(NC(=O)C(C)OC(C)=O)sc2c1CCC(C(C)(C)CC)C2. The molecule has 0 aliphatic heterocycles. The molecule has 2 rings (SSSR count). The number of anilines is 1. The summed E-state index contributed by atoms with van der Waals surface area (Å²) in [6.07, 6.45) is 2.85. The first-order valence-corrected chi connectivity index (χ1v) is 10.7. The predicted molar refractivity (Wildman–Crippen MR) is 110 cm³/mol. The second-order valence-electron chi connectivity index (χ2n) is 7.95. The highest BCUT2D eigenvalue weighted by Crippen LogP contribution is 2.45. The fourth-order valence-corrected chi connectivity index (χ4v) is 4.88. The Balaban J connectivity index is 2.34. The standard InChI is InChI=1S/C21H31NO5S/c1-7-21(5,6)14-9-10-15-16(11-14)28-19(17(15)20(25)26-8-2)22-18(24)12(3)27-13(4)23/h12,14H,7-11H2,1-6H3,(H,22,24). The number of fused-ring (bicyclic) bond motifs is 1. The Bertz CT molecular complexity index is 752. The molecule has 1 heterocycles. The van der Waals surface area contributed by atoms with Crippen molar-refractivity contribution in [3.05, 3.63) is 16.0 Å². The number of carbonyl (C=O) groups is 3. The zero-order valence-electron chi connectivity index (χ0n) is 17.6. The summed E-state index contributed by atoms with van der Waals surface area (Å²) in [6, 6.07) is 0. The lowest BCUT2D eigenvalue weighted by Crippen LogP contribution is -2.29. The third kappa shape index (κ3) is 4.93. The molecule has 7 heteroatoms. The monoisotopic (exact) mass is 409 g/mol. The molecule has 0 saturated heterocycles. The number of carbonyl (C=O) groups excluding carboxylic acids is 3. The van der Waals surface area contributed by atoms with Crippen LogP contribution in [0.3, 0.4) is 0 Å². The number of nitrogens with one attached hydrogen (secondary N) is 1. The van der Waals surface area contributed by atoms with Crippen LogP contribution in [0.25, 0.3) is 0 Å². The molecular weight excluding hydrogens is 378 g/mol. The minimum atomic E-state index is -0.932. The quantitative estimate of drug-likeness (QED) is 0.677. The Morgan fingerprint density at radius 3 is 2.54 bits per heavy atom. The highest BCUT2D eigenvalue weighted by molar-refractivity contribution is 7.17. The summed E-state index contributed by atoms with van der Waals surface area (Å²) in [4.78, 5) is 37.3. The number of rotatable bonds is 7. The topological polar surface area (TPSA) is 81.7 Å². The summed E-state index contributed by atoms with van der Waals surface area (Å²) >= 11 is 1.44. The highest BCUT2D eigenvalue weighted by atomic mass is 32.1. The Morgan fingerprint density at radius 2 is 1.96 bits per heavy atom. The van der Waals surface area contributed by atoms with Crippen LogP contribution in [0, 0.1) is 11.3 Å². The molecule has 6 nitrogen and oxygen atoms in total. The summed E-state index contributed by atoms with van der Waals surface area (Å²) in [5, 5.41) is 3.27. The molecule has 2 atom stereocenters. The third-order valence-electron chi connectivity index (χ3n) is 5.71. The van der Waals surface area contributed by atoms with Crippen LogP contribution in [0.1, 0.15) is 75.2 Å². The van der Waals surface area contributed by atoms with Gasteiger partial charge < -0.3 is 14.8 Å². The predicted octanol–water partition coefficient (Wildman–Crippen LogP) is 4.36. The van der Waals surface area contributed by atoms with Crippen molar-refractivity contribution in [1.82, 2.24) is 0 Å². The summed E-state index contributed by atoms with van der Waals surface area (Å²) in [5.74, 6) is -0.862. The molecule has 0 saturated carbocycles. The fraction of sp³-hybridized carbons (Fsp3) is 0.667. The van der Waals surface area contributed by atoms with Crippen molar-refractivity contribution in [2.24, 2.45) is 11.3 Å². The zero-order valence-corrected chi connectivity index (χ0v) is 18.5. The molecule has 1 aliphatic carbocycles. The number of hydrogen-bond acceptors (Lipinski definition) is 6. The third-order valence-corrected chi connectivity index (χ3v) is 6.88. The van der Waals surface area contributed by atoms with E-state index in [1.165, 1.54) is 25.2 Å². The maximum atomic E-state index is 12.6. The normalized spacial score (nSPS) is 17.4. The van der Waals surface area contributed by atoms with Gasteiger partial charge in [0.15, 0.2) is 6.10 Å². The smallest absolute Gasteiger partial charge is 0.341 e. The van der Waals surface area contributed by atoms with Gasteiger partial charge >= 0.3 is 11.9 Å². The molecule has 1 aromatic heterocycles. The van der Waals surface area contributed by atoms with E-state index >= 15 is 0 Å². The summed E-state index contributed by atoms with van der Waals surface area (Å²) in [7, 11) is 0. The second-order valence-corrected chi connectivity index (χ2v) is 9.06.